The van der Waals surface area contributed by atoms with Gasteiger partial charge in [0.25, 0.3) is 0 Å². The van der Waals surface area contributed by atoms with Crippen LogP contribution >= 0.6 is 0 Å². The van der Waals surface area contributed by atoms with E-state index in [2.05, 4.69) is 0 Å². The lowest BCUT2D eigenvalue weighted by molar-refractivity contribution is -0.143. The lowest BCUT2D eigenvalue weighted by atomic mass is 10.2. The summed E-state index contributed by atoms with van der Waals surface area (Å²) in [6, 6.07) is 0. The van der Waals surface area contributed by atoms with E-state index in [-0.39, 0.29) is 31.1 Å². The van der Waals surface area contributed by atoms with Crippen molar-refractivity contribution in [1.82, 2.24) is 4.90 Å². The number of morpholine rings is 1. The Kier molecular flexibility index (Phi) is 3.69. The van der Waals surface area contributed by atoms with Gasteiger partial charge in [-0.05, 0) is 13.8 Å². The molecule has 1 amide bonds. The molecule has 1 fully saturated rings. The predicted molar refractivity (Wildman–Crippen MR) is 48.3 cm³/mol. The molecule has 0 spiro atoms. The molecule has 1 N–H and O–H groups in total. The molecule has 0 aromatic heterocycles. The summed E-state index contributed by atoms with van der Waals surface area (Å²) >= 11 is 0. The summed E-state index contributed by atoms with van der Waals surface area (Å²) in [5.41, 5.74) is 0. The molecule has 0 aromatic carbocycles. The molecule has 0 radical (unpaired) electrons. The van der Waals surface area contributed by atoms with Gasteiger partial charge in [0.2, 0.25) is 5.91 Å². The second-order valence-electron chi connectivity index (χ2n) is 3.53. The van der Waals surface area contributed by atoms with Crippen molar-refractivity contribution in [3.63, 3.8) is 0 Å². The molecule has 76 valence electrons. The SMILES string of the molecule is C[C@@H]1CN(C(=O)CCO)C[C@H](C)O1. The van der Waals surface area contributed by atoms with Gasteiger partial charge in [0.1, 0.15) is 0 Å². The number of carbonyl (C=O) groups is 1. The van der Waals surface area contributed by atoms with Crippen LogP contribution in [0.15, 0.2) is 0 Å². The highest BCUT2D eigenvalue weighted by Gasteiger charge is 2.24. The molecule has 1 aliphatic rings. The molecule has 0 aliphatic carbocycles. The molecule has 0 saturated carbocycles. The minimum atomic E-state index is -0.0705. The van der Waals surface area contributed by atoms with E-state index in [4.69, 9.17) is 9.84 Å². The molecular weight excluding hydrogens is 170 g/mol. The Labute approximate surface area is 78.5 Å². The van der Waals surface area contributed by atoms with Crippen LogP contribution in [-0.2, 0) is 9.53 Å². The number of hydrogen-bond donors (Lipinski definition) is 1. The molecule has 2 atom stereocenters. The number of carbonyl (C=O) groups excluding carboxylic acids is 1. The third-order valence-corrected chi connectivity index (χ3v) is 2.10. The normalized spacial score (nSPS) is 29.0. The van der Waals surface area contributed by atoms with E-state index >= 15 is 0 Å². The summed E-state index contributed by atoms with van der Waals surface area (Å²) in [7, 11) is 0. The van der Waals surface area contributed by atoms with Gasteiger partial charge in [-0.15, -0.1) is 0 Å². The van der Waals surface area contributed by atoms with Crippen LogP contribution < -0.4 is 0 Å². The van der Waals surface area contributed by atoms with Crippen molar-refractivity contribution >= 4 is 5.91 Å². The monoisotopic (exact) mass is 187 g/mol. The second kappa shape index (κ2) is 4.58. The first-order valence-corrected chi connectivity index (χ1v) is 4.67. The number of amides is 1. The maximum absolute atomic E-state index is 11.4. The first kappa shape index (κ1) is 10.5. The summed E-state index contributed by atoms with van der Waals surface area (Å²) in [5.74, 6) is 0.0181. The van der Waals surface area contributed by atoms with Crippen LogP contribution in [0.25, 0.3) is 0 Å². The van der Waals surface area contributed by atoms with Gasteiger partial charge < -0.3 is 14.7 Å². The van der Waals surface area contributed by atoms with E-state index in [0.717, 1.165) is 0 Å². The fraction of sp³-hybridized carbons (Fsp3) is 0.889. The van der Waals surface area contributed by atoms with E-state index < -0.39 is 0 Å². The number of rotatable bonds is 2. The van der Waals surface area contributed by atoms with Crippen molar-refractivity contribution in [2.24, 2.45) is 0 Å². The molecule has 1 heterocycles. The zero-order valence-electron chi connectivity index (χ0n) is 8.19. The first-order chi connectivity index (χ1) is 6.13. The van der Waals surface area contributed by atoms with Gasteiger partial charge in [-0.2, -0.15) is 0 Å². The van der Waals surface area contributed by atoms with Crippen LogP contribution in [0.3, 0.4) is 0 Å². The minimum Gasteiger partial charge on any atom is -0.396 e. The first-order valence-electron chi connectivity index (χ1n) is 4.67. The van der Waals surface area contributed by atoms with Gasteiger partial charge in [-0.1, -0.05) is 0 Å². The van der Waals surface area contributed by atoms with Gasteiger partial charge in [-0.25, -0.2) is 0 Å². The Morgan fingerprint density at radius 1 is 1.46 bits per heavy atom. The van der Waals surface area contributed by atoms with Crippen LogP contribution in [0.1, 0.15) is 20.3 Å². The van der Waals surface area contributed by atoms with Gasteiger partial charge in [0.05, 0.1) is 18.8 Å². The quantitative estimate of drug-likeness (QED) is 0.662. The fourth-order valence-corrected chi connectivity index (χ4v) is 1.64. The van der Waals surface area contributed by atoms with Crippen molar-refractivity contribution in [3.05, 3.63) is 0 Å². The van der Waals surface area contributed by atoms with Crippen molar-refractivity contribution in [2.45, 2.75) is 32.5 Å². The summed E-state index contributed by atoms with van der Waals surface area (Å²) in [5, 5.41) is 8.62. The van der Waals surface area contributed by atoms with E-state index in [0.29, 0.717) is 13.1 Å². The third-order valence-electron chi connectivity index (χ3n) is 2.10. The summed E-state index contributed by atoms with van der Waals surface area (Å²) in [6.07, 6.45) is 0.428. The molecule has 1 saturated heterocycles. The average molecular weight is 187 g/mol. The van der Waals surface area contributed by atoms with Crippen LogP contribution in [-0.4, -0.2) is 47.8 Å². The third kappa shape index (κ3) is 2.97. The highest BCUT2D eigenvalue weighted by atomic mass is 16.5. The predicted octanol–water partition coefficient (Wildman–Crippen LogP) is 0.00460. The largest absolute Gasteiger partial charge is 0.396 e. The Bertz CT molecular complexity index is 174. The molecule has 0 bridgehead atoms. The molecule has 1 aliphatic heterocycles. The van der Waals surface area contributed by atoms with E-state index in [1.807, 2.05) is 13.8 Å². The Morgan fingerprint density at radius 3 is 2.46 bits per heavy atom. The number of ether oxygens (including phenoxy) is 1. The molecular formula is C9H17NO3. The number of aliphatic hydroxyl groups excluding tert-OH is 1. The number of nitrogens with zero attached hydrogens (tertiary/aromatic N) is 1. The topological polar surface area (TPSA) is 49.8 Å². The fourth-order valence-electron chi connectivity index (χ4n) is 1.64. The second-order valence-corrected chi connectivity index (χ2v) is 3.53. The van der Waals surface area contributed by atoms with Crippen LogP contribution in [0.2, 0.25) is 0 Å². The van der Waals surface area contributed by atoms with E-state index in [1.54, 1.807) is 4.90 Å². The van der Waals surface area contributed by atoms with Gasteiger partial charge in [0, 0.05) is 19.5 Å². The smallest absolute Gasteiger partial charge is 0.225 e. The average Bonchev–Trinajstić information content (AvgIpc) is 2.03. The summed E-state index contributed by atoms with van der Waals surface area (Å²) < 4.78 is 5.49. The van der Waals surface area contributed by atoms with Gasteiger partial charge >= 0.3 is 0 Å². The maximum atomic E-state index is 11.4. The van der Waals surface area contributed by atoms with E-state index in [9.17, 15) is 4.79 Å². The summed E-state index contributed by atoms with van der Waals surface area (Å²) in [6.45, 7) is 5.12. The van der Waals surface area contributed by atoms with Crippen LogP contribution in [0.4, 0.5) is 0 Å². The standard InChI is InChI=1S/C9H17NO3/c1-7-5-10(6-8(2)13-7)9(12)3-4-11/h7-8,11H,3-6H2,1-2H3/t7-,8+. The maximum Gasteiger partial charge on any atom is 0.225 e. The lowest BCUT2D eigenvalue weighted by Crippen LogP contribution is -2.48. The van der Waals surface area contributed by atoms with Crippen molar-refractivity contribution < 1.29 is 14.6 Å². The molecule has 1 rings (SSSR count). The Balaban J connectivity index is 2.45. The molecule has 0 unspecified atom stereocenters. The molecule has 4 heteroatoms. The van der Waals surface area contributed by atoms with Crippen molar-refractivity contribution in [2.75, 3.05) is 19.7 Å². The van der Waals surface area contributed by atoms with Crippen LogP contribution in [0, 0.1) is 0 Å². The Morgan fingerprint density at radius 2 is 2.00 bits per heavy atom. The van der Waals surface area contributed by atoms with Crippen molar-refractivity contribution in [1.29, 1.82) is 0 Å². The van der Waals surface area contributed by atoms with Gasteiger partial charge in [0.15, 0.2) is 0 Å². The zero-order chi connectivity index (χ0) is 9.84. The highest BCUT2D eigenvalue weighted by Crippen LogP contribution is 2.11. The van der Waals surface area contributed by atoms with Crippen molar-refractivity contribution in [3.8, 4) is 0 Å². The molecule has 4 nitrogen and oxygen atoms in total. The van der Waals surface area contributed by atoms with E-state index in [1.165, 1.54) is 0 Å². The zero-order valence-corrected chi connectivity index (χ0v) is 8.19. The lowest BCUT2D eigenvalue weighted by Gasteiger charge is -2.35. The number of hydrogen-bond acceptors (Lipinski definition) is 3. The molecule has 13 heavy (non-hydrogen) atoms. The van der Waals surface area contributed by atoms with Gasteiger partial charge in [-0.3, -0.25) is 4.79 Å². The minimum absolute atomic E-state index is 0.0181. The highest BCUT2D eigenvalue weighted by molar-refractivity contribution is 5.76. The van der Waals surface area contributed by atoms with Crippen LogP contribution in [0.5, 0.6) is 0 Å². The molecule has 0 aromatic rings. The summed E-state index contributed by atoms with van der Waals surface area (Å²) in [4.78, 5) is 13.2. The number of aliphatic hydroxyl groups is 1. The Hall–Kier alpha value is -0.610.